The third-order valence-corrected chi connectivity index (χ3v) is 8.97. The predicted molar refractivity (Wildman–Crippen MR) is 88.8 cm³/mol. The van der Waals surface area contributed by atoms with E-state index in [1.165, 1.54) is 6.07 Å². The number of sulfonamides is 1. The Labute approximate surface area is 141 Å². The molecule has 0 spiro atoms. The van der Waals surface area contributed by atoms with E-state index in [1.54, 1.807) is 6.92 Å². The van der Waals surface area contributed by atoms with Gasteiger partial charge in [-0.2, -0.15) is 0 Å². The summed E-state index contributed by atoms with van der Waals surface area (Å²) >= 11 is 0.727. The van der Waals surface area contributed by atoms with Crippen LogP contribution in [-0.2, 0) is 24.6 Å². The summed E-state index contributed by atoms with van der Waals surface area (Å²) in [5.74, 6) is 0. The van der Waals surface area contributed by atoms with E-state index >= 15 is 0 Å². The van der Waals surface area contributed by atoms with Gasteiger partial charge in [-0.05, 0) is 32.4 Å². The fourth-order valence-electron chi connectivity index (χ4n) is 2.56. The molecule has 2 rings (SSSR count). The number of nitrogens with two attached hydrogens (primary N) is 1. The van der Waals surface area contributed by atoms with Crippen molar-refractivity contribution < 1.29 is 21.6 Å². The van der Waals surface area contributed by atoms with E-state index in [0.29, 0.717) is 25.1 Å². The number of sulfone groups is 1. The van der Waals surface area contributed by atoms with Crippen LogP contribution in [0.3, 0.4) is 0 Å². The molecule has 1 aliphatic rings. The lowest BCUT2D eigenvalue weighted by molar-refractivity contribution is 0.141. The van der Waals surface area contributed by atoms with E-state index < -0.39 is 25.1 Å². The number of nitrogens with one attached hydrogen (secondary N) is 1. The van der Waals surface area contributed by atoms with Gasteiger partial charge in [0.2, 0.25) is 10.0 Å². The lowest BCUT2D eigenvalue weighted by Gasteiger charge is -2.29. The maximum atomic E-state index is 12.7. The summed E-state index contributed by atoms with van der Waals surface area (Å²) in [5.41, 5.74) is 0.500. The van der Waals surface area contributed by atoms with Crippen molar-refractivity contribution in [2.75, 3.05) is 19.8 Å². The van der Waals surface area contributed by atoms with Crippen LogP contribution in [-0.4, -0.2) is 41.8 Å². The largest absolute Gasteiger partial charge is 0.380 e. The Morgan fingerprint density at radius 1 is 1.43 bits per heavy atom. The Balaban J connectivity index is 2.49. The van der Waals surface area contributed by atoms with Crippen LogP contribution in [0, 0.1) is 0 Å². The minimum absolute atomic E-state index is 0.0890. The fourth-order valence-corrected chi connectivity index (χ4v) is 7.11. The number of hydrogen-bond donors (Lipinski definition) is 2. The first-order chi connectivity index (χ1) is 10.7. The van der Waals surface area contributed by atoms with Gasteiger partial charge < -0.3 is 10.1 Å². The molecule has 0 radical (unpaired) electrons. The molecule has 2 heterocycles. The average molecular weight is 383 g/mol. The van der Waals surface area contributed by atoms with Gasteiger partial charge in [0.1, 0.15) is 8.42 Å². The molecule has 10 heteroatoms. The Morgan fingerprint density at radius 2 is 2.13 bits per heavy atom. The zero-order chi connectivity index (χ0) is 17.3. The molecule has 0 fully saturated rings. The molecule has 3 N–H and O–H groups in total. The number of primary sulfonamides is 1. The number of rotatable bonds is 7. The smallest absolute Gasteiger partial charge is 0.247 e. The molecule has 1 aromatic heterocycles. The summed E-state index contributed by atoms with van der Waals surface area (Å²) < 4.78 is 53.9. The molecule has 0 unspecified atom stereocenters. The van der Waals surface area contributed by atoms with Crippen molar-refractivity contribution in [3.63, 3.8) is 0 Å². The third kappa shape index (κ3) is 3.94. The first-order valence-electron chi connectivity index (χ1n) is 7.43. The summed E-state index contributed by atoms with van der Waals surface area (Å²) in [4.78, 5) is 0. The summed E-state index contributed by atoms with van der Waals surface area (Å²) in [7, 11) is -7.55. The highest BCUT2D eigenvalue weighted by atomic mass is 32.3. The second kappa shape index (κ2) is 7.16. The number of ether oxygens (including phenoxy) is 1. The molecular formula is C13H22N2O5S3. The molecular weight excluding hydrogens is 360 g/mol. The van der Waals surface area contributed by atoms with Gasteiger partial charge in [0.15, 0.2) is 9.84 Å². The lowest BCUT2D eigenvalue weighted by Crippen LogP contribution is -2.37. The van der Waals surface area contributed by atoms with Gasteiger partial charge in [0.05, 0.1) is 11.9 Å². The number of thiophene rings is 1. The summed E-state index contributed by atoms with van der Waals surface area (Å²) in [6.45, 7) is 5.06. The van der Waals surface area contributed by atoms with Crippen molar-refractivity contribution >= 4 is 31.2 Å². The highest BCUT2D eigenvalue weighted by Crippen LogP contribution is 2.42. The van der Waals surface area contributed by atoms with Gasteiger partial charge >= 0.3 is 0 Å². The van der Waals surface area contributed by atoms with Gasteiger partial charge in [0.25, 0.3) is 0 Å². The Morgan fingerprint density at radius 3 is 2.70 bits per heavy atom. The average Bonchev–Trinajstić information content (AvgIpc) is 2.92. The topological polar surface area (TPSA) is 116 Å². The number of hydrogen-bond acceptors (Lipinski definition) is 7. The molecule has 0 saturated heterocycles. The highest BCUT2D eigenvalue weighted by Gasteiger charge is 2.41. The molecule has 0 aliphatic carbocycles. The maximum Gasteiger partial charge on any atom is 0.247 e. The van der Waals surface area contributed by atoms with Crippen LogP contribution in [0.4, 0.5) is 0 Å². The molecule has 23 heavy (non-hydrogen) atoms. The first kappa shape index (κ1) is 18.8. The van der Waals surface area contributed by atoms with Crippen molar-refractivity contribution in [3.8, 4) is 0 Å². The highest BCUT2D eigenvalue weighted by molar-refractivity contribution is 7.95. The van der Waals surface area contributed by atoms with E-state index in [2.05, 4.69) is 5.32 Å². The zero-order valence-corrected chi connectivity index (χ0v) is 15.6. The molecule has 0 amide bonds. The fraction of sp³-hybridized carbons (Fsp3) is 0.692. The minimum Gasteiger partial charge on any atom is -0.380 e. The molecule has 1 aliphatic heterocycles. The molecule has 1 aromatic rings. The van der Waals surface area contributed by atoms with Crippen molar-refractivity contribution in [3.05, 3.63) is 11.6 Å². The van der Waals surface area contributed by atoms with E-state index in [-0.39, 0.29) is 21.1 Å². The summed E-state index contributed by atoms with van der Waals surface area (Å²) in [5, 5.41) is 7.76. The molecule has 0 bridgehead atoms. The summed E-state index contributed by atoms with van der Waals surface area (Å²) in [6.07, 6.45) is 1.25. The van der Waals surface area contributed by atoms with Crippen LogP contribution in [0.25, 0.3) is 0 Å². The SMILES string of the molecule is CCCN[C@@H]1C[C@H](COCC)S(=O)(=O)c2sc(S(N)(=O)=O)cc21. The van der Waals surface area contributed by atoms with Crippen molar-refractivity contribution in [1.82, 2.24) is 5.32 Å². The normalized spacial score (nSPS) is 23.6. The Bertz CT molecular complexity index is 755. The summed E-state index contributed by atoms with van der Waals surface area (Å²) in [6, 6.07) is 1.17. The van der Waals surface area contributed by atoms with Crippen LogP contribution in [0.1, 0.15) is 38.3 Å². The number of fused-ring (bicyclic) bond motifs is 1. The van der Waals surface area contributed by atoms with Gasteiger partial charge in [-0.15, -0.1) is 11.3 Å². The van der Waals surface area contributed by atoms with Gasteiger partial charge in [-0.3, -0.25) is 0 Å². The Hall–Kier alpha value is -0.520. The van der Waals surface area contributed by atoms with Crippen molar-refractivity contribution in [2.45, 2.75) is 46.4 Å². The third-order valence-electron chi connectivity index (χ3n) is 3.70. The van der Waals surface area contributed by atoms with Crippen LogP contribution in [0.15, 0.2) is 14.5 Å². The predicted octanol–water partition coefficient (Wildman–Crippen LogP) is 1.02. The standard InChI is InChI=1S/C13H22N2O5S3/c1-3-5-15-11-6-9(8-20-4-2)22(16,17)13-10(11)7-12(21-13)23(14,18)19/h7,9,11,15H,3-6,8H2,1-2H3,(H2,14,18,19)/t9-,11-/m1/s1. The van der Waals surface area contributed by atoms with Crippen LogP contribution >= 0.6 is 11.3 Å². The van der Waals surface area contributed by atoms with E-state index in [0.717, 1.165) is 17.8 Å². The molecule has 7 nitrogen and oxygen atoms in total. The lowest BCUT2D eigenvalue weighted by atomic mass is 10.0. The van der Waals surface area contributed by atoms with Crippen molar-refractivity contribution in [2.24, 2.45) is 5.14 Å². The second-order valence-corrected chi connectivity index (χ2v) is 10.7. The van der Waals surface area contributed by atoms with E-state index in [4.69, 9.17) is 9.88 Å². The van der Waals surface area contributed by atoms with Crippen LogP contribution in [0.5, 0.6) is 0 Å². The first-order valence-corrected chi connectivity index (χ1v) is 11.3. The van der Waals surface area contributed by atoms with Gasteiger partial charge in [0, 0.05) is 18.2 Å². The van der Waals surface area contributed by atoms with Crippen LogP contribution in [0.2, 0.25) is 0 Å². The van der Waals surface area contributed by atoms with Gasteiger partial charge in [-0.25, -0.2) is 22.0 Å². The second-order valence-electron chi connectivity index (χ2n) is 5.42. The maximum absolute atomic E-state index is 12.7. The quantitative estimate of drug-likeness (QED) is 0.727. The van der Waals surface area contributed by atoms with Crippen molar-refractivity contribution in [1.29, 1.82) is 0 Å². The molecule has 2 atom stereocenters. The van der Waals surface area contributed by atoms with E-state index in [9.17, 15) is 16.8 Å². The Kier molecular flexibility index (Phi) is 5.85. The molecule has 0 saturated carbocycles. The van der Waals surface area contributed by atoms with E-state index in [1.807, 2.05) is 6.92 Å². The molecule has 132 valence electrons. The minimum atomic E-state index is -3.93. The van der Waals surface area contributed by atoms with Gasteiger partial charge in [-0.1, -0.05) is 6.92 Å². The zero-order valence-electron chi connectivity index (χ0n) is 13.1. The molecule has 0 aromatic carbocycles. The monoisotopic (exact) mass is 382 g/mol. The van der Waals surface area contributed by atoms with Crippen LogP contribution < -0.4 is 10.5 Å².